The van der Waals surface area contributed by atoms with Gasteiger partial charge in [-0.2, -0.15) is 0 Å². The molecule has 30 heavy (non-hydrogen) atoms. The summed E-state index contributed by atoms with van der Waals surface area (Å²) in [6.07, 6.45) is -6.40. The number of benzene rings is 2. The van der Waals surface area contributed by atoms with Gasteiger partial charge in [0.1, 0.15) is 48.7 Å². The first kappa shape index (κ1) is 22.8. The molecule has 1 heterocycles. The molecule has 0 radical (unpaired) electrons. The van der Waals surface area contributed by atoms with Gasteiger partial charge >= 0.3 is 0 Å². The van der Waals surface area contributed by atoms with Gasteiger partial charge in [0.05, 0.1) is 13.7 Å². The summed E-state index contributed by atoms with van der Waals surface area (Å²) in [5.41, 5.74) is 2.14. The molecule has 0 bridgehead atoms. The topological polar surface area (TPSA) is 88.4 Å². The van der Waals surface area contributed by atoms with Crippen molar-refractivity contribution >= 4 is 11.6 Å². The van der Waals surface area contributed by atoms with Crippen LogP contribution in [0.25, 0.3) is 0 Å². The largest absolute Gasteiger partial charge is 0.496 e. The summed E-state index contributed by atoms with van der Waals surface area (Å²) in [5.74, 6) is 1.10. The van der Waals surface area contributed by atoms with Crippen LogP contribution in [0.5, 0.6) is 11.5 Å². The third kappa shape index (κ3) is 4.71. The molecule has 1 aliphatic heterocycles. The SMILES string of the molecule is CCOc1ccc(Cc2cc([C@@H]3O[C@H](CF)[C@H](O)[C@H](O)[C@@H]3O)c(OC)cc2Cl)cc1. The quantitative estimate of drug-likeness (QED) is 0.613. The third-order valence-corrected chi connectivity index (χ3v) is 5.55. The summed E-state index contributed by atoms with van der Waals surface area (Å²) in [6.45, 7) is 1.49. The number of aliphatic hydroxyl groups excluding tert-OH is 3. The van der Waals surface area contributed by atoms with Crippen LogP contribution in [0.2, 0.25) is 5.02 Å². The fourth-order valence-electron chi connectivity index (χ4n) is 3.58. The van der Waals surface area contributed by atoms with Gasteiger partial charge in [-0.1, -0.05) is 23.7 Å². The van der Waals surface area contributed by atoms with Gasteiger partial charge in [0.25, 0.3) is 0 Å². The molecule has 3 rings (SSSR count). The van der Waals surface area contributed by atoms with Crippen LogP contribution in [0.4, 0.5) is 4.39 Å². The van der Waals surface area contributed by atoms with Crippen molar-refractivity contribution in [1.29, 1.82) is 0 Å². The van der Waals surface area contributed by atoms with Crippen LogP contribution < -0.4 is 9.47 Å². The summed E-state index contributed by atoms with van der Waals surface area (Å²) >= 11 is 6.44. The van der Waals surface area contributed by atoms with Crippen molar-refractivity contribution in [2.75, 3.05) is 20.4 Å². The molecule has 0 saturated carbocycles. The zero-order chi connectivity index (χ0) is 21.8. The van der Waals surface area contributed by atoms with E-state index in [-0.39, 0.29) is 0 Å². The Morgan fingerprint density at radius 2 is 1.77 bits per heavy atom. The minimum Gasteiger partial charge on any atom is -0.496 e. The summed E-state index contributed by atoms with van der Waals surface area (Å²) in [7, 11) is 1.44. The highest BCUT2D eigenvalue weighted by atomic mass is 35.5. The first-order valence-corrected chi connectivity index (χ1v) is 10.1. The number of aliphatic hydroxyl groups is 3. The van der Waals surface area contributed by atoms with E-state index in [0.717, 1.165) is 16.9 Å². The van der Waals surface area contributed by atoms with Gasteiger partial charge in [-0.05, 0) is 48.7 Å². The average molecular weight is 441 g/mol. The van der Waals surface area contributed by atoms with E-state index in [0.29, 0.717) is 29.4 Å². The second kappa shape index (κ2) is 9.94. The van der Waals surface area contributed by atoms with E-state index in [9.17, 15) is 19.7 Å². The zero-order valence-electron chi connectivity index (χ0n) is 16.8. The van der Waals surface area contributed by atoms with Gasteiger partial charge in [0.2, 0.25) is 0 Å². The van der Waals surface area contributed by atoms with Gasteiger partial charge in [0.15, 0.2) is 0 Å². The van der Waals surface area contributed by atoms with E-state index in [1.807, 2.05) is 31.2 Å². The van der Waals surface area contributed by atoms with Crippen LogP contribution in [-0.4, -0.2) is 60.1 Å². The van der Waals surface area contributed by atoms with Crippen molar-refractivity contribution in [3.63, 3.8) is 0 Å². The van der Waals surface area contributed by atoms with Crippen molar-refractivity contribution in [2.24, 2.45) is 0 Å². The van der Waals surface area contributed by atoms with Crippen LogP contribution in [0, 0.1) is 0 Å². The molecule has 0 unspecified atom stereocenters. The maximum absolute atomic E-state index is 13.3. The Morgan fingerprint density at radius 1 is 1.07 bits per heavy atom. The monoisotopic (exact) mass is 440 g/mol. The van der Waals surface area contributed by atoms with Crippen molar-refractivity contribution in [3.05, 3.63) is 58.1 Å². The number of hydrogen-bond donors (Lipinski definition) is 3. The number of methoxy groups -OCH3 is 1. The Labute approximate surface area is 179 Å². The smallest absolute Gasteiger partial charge is 0.126 e. The predicted molar refractivity (Wildman–Crippen MR) is 110 cm³/mol. The molecule has 6 nitrogen and oxygen atoms in total. The Kier molecular flexibility index (Phi) is 7.55. The molecule has 0 aromatic heterocycles. The highest BCUT2D eigenvalue weighted by Crippen LogP contribution is 2.40. The van der Waals surface area contributed by atoms with Crippen LogP contribution in [0.1, 0.15) is 29.7 Å². The van der Waals surface area contributed by atoms with E-state index in [4.69, 9.17) is 25.8 Å². The Balaban J connectivity index is 1.93. The van der Waals surface area contributed by atoms with Crippen molar-refractivity contribution in [3.8, 4) is 11.5 Å². The highest BCUT2D eigenvalue weighted by molar-refractivity contribution is 6.31. The van der Waals surface area contributed by atoms with E-state index in [1.54, 1.807) is 12.1 Å². The second-order valence-electron chi connectivity index (χ2n) is 7.16. The molecule has 1 fully saturated rings. The molecule has 0 spiro atoms. The highest BCUT2D eigenvalue weighted by Gasteiger charge is 2.45. The van der Waals surface area contributed by atoms with Crippen LogP contribution >= 0.6 is 11.6 Å². The lowest BCUT2D eigenvalue weighted by atomic mass is 9.89. The fraction of sp³-hybridized carbons (Fsp3) is 0.455. The molecule has 5 atom stereocenters. The minimum absolute atomic E-state index is 0.334. The van der Waals surface area contributed by atoms with Crippen LogP contribution in [0.3, 0.4) is 0 Å². The van der Waals surface area contributed by atoms with Gasteiger partial charge in [-0.3, -0.25) is 0 Å². The third-order valence-electron chi connectivity index (χ3n) is 5.20. The minimum atomic E-state index is -1.56. The molecular weight excluding hydrogens is 415 g/mol. The van der Waals surface area contributed by atoms with Gasteiger partial charge in [-0.15, -0.1) is 0 Å². The van der Waals surface area contributed by atoms with Crippen molar-refractivity contribution < 1.29 is 33.9 Å². The predicted octanol–water partition coefficient (Wildman–Crippen LogP) is 2.83. The van der Waals surface area contributed by atoms with Crippen molar-refractivity contribution in [2.45, 2.75) is 43.9 Å². The zero-order valence-corrected chi connectivity index (χ0v) is 17.6. The maximum atomic E-state index is 13.3. The summed E-state index contributed by atoms with van der Waals surface area (Å²) in [4.78, 5) is 0. The van der Waals surface area contributed by atoms with E-state index in [1.165, 1.54) is 7.11 Å². The van der Waals surface area contributed by atoms with E-state index < -0.39 is 37.2 Å². The molecule has 2 aromatic rings. The number of alkyl halides is 1. The molecule has 8 heteroatoms. The molecule has 0 amide bonds. The van der Waals surface area contributed by atoms with Crippen LogP contribution in [0.15, 0.2) is 36.4 Å². The number of hydrogen-bond acceptors (Lipinski definition) is 6. The number of rotatable bonds is 7. The Bertz CT molecular complexity index is 844. The van der Waals surface area contributed by atoms with Gasteiger partial charge in [-0.25, -0.2) is 4.39 Å². The first-order chi connectivity index (χ1) is 14.4. The standard InChI is InChI=1S/C22H26ClFO6/c1-3-29-14-6-4-12(5-7-14)8-13-9-15(17(28-2)10-16(13)23)22-21(27)20(26)19(25)18(11-24)30-22/h4-7,9-10,18-22,25-27H,3,8,11H2,1-2H3/t18-,19+,20+,21+,22+/m1/s1. The lowest BCUT2D eigenvalue weighted by Crippen LogP contribution is -2.54. The lowest BCUT2D eigenvalue weighted by Gasteiger charge is -2.40. The fourth-order valence-corrected chi connectivity index (χ4v) is 3.80. The molecule has 0 aliphatic carbocycles. The maximum Gasteiger partial charge on any atom is 0.126 e. The number of halogens is 2. The molecular formula is C22H26ClFO6. The van der Waals surface area contributed by atoms with Gasteiger partial charge in [0, 0.05) is 10.6 Å². The molecule has 1 saturated heterocycles. The number of ether oxygens (including phenoxy) is 3. The summed E-state index contributed by atoms with van der Waals surface area (Å²) in [5, 5.41) is 31.0. The van der Waals surface area contributed by atoms with Gasteiger partial charge < -0.3 is 29.5 Å². The Morgan fingerprint density at radius 3 is 2.37 bits per heavy atom. The Hall–Kier alpha value is -1.90. The average Bonchev–Trinajstić information content (AvgIpc) is 2.75. The van der Waals surface area contributed by atoms with Crippen LogP contribution in [-0.2, 0) is 11.2 Å². The van der Waals surface area contributed by atoms with Crippen molar-refractivity contribution in [1.82, 2.24) is 0 Å². The molecule has 1 aliphatic rings. The second-order valence-corrected chi connectivity index (χ2v) is 7.57. The van der Waals surface area contributed by atoms with E-state index in [2.05, 4.69) is 0 Å². The molecule has 2 aromatic carbocycles. The molecule has 3 N–H and O–H groups in total. The lowest BCUT2D eigenvalue weighted by molar-refractivity contribution is -0.227. The van der Waals surface area contributed by atoms with E-state index >= 15 is 0 Å². The summed E-state index contributed by atoms with van der Waals surface area (Å²) in [6, 6.07) is 10.9. The first-order valence-electron chi connectivity index (χ1n) is 9.73. The summed E-state index contributed by atoms with van der Waals surface area (Å²) < 4.78 is 29.7. The molecule has 164 valence electrons. The normalized spacial score (nSPS) is 26.4.